The molecule has 13 heavy (non-hydrogen) atoms. The van der Waals surface area contributed by atoms with Crippen LogP contribution in [0.25, 0.3) is 0 Å². The lowest BCUT2D eigenvalue weighted by atomic mass is 10.6. The molecule has 1 aromatic rings. The summed E-state index contributed by atoms with van der Waals surface area (Å²) in [5, 5.41) is 9.05. The second-order valence-electron chi connectivity index (χ2n) is 2.34. The van der Waals surface area contributed by atoms with Crippen LogP contribution in [0.5, 0.6) is 5.88 Å². The standard InChI is InChI=1S/C6H5N5O2/c7-11-4(13)2-9-6(11)5-8-1-3(12)10-5/h1-2,13H,7H2. The Hall–Kier alpha value is -2.18. The molecule has 2 heterocycles. The van der Waals surface area contributed by atoms with Crippen molar-refractivity contribution in [1.29, 1.82) is 0 Å². The first-order valence-corrected chi connectivity index (χ1v) is 3.37. The zero-order valence-corrected chi connectivity index (χ0v) is 6.38. The summed E-state index contributed by atoms with van der Waals surface area (Å²) in [7, 11) is 0. The second kappa shape index (κ2) is 2.41. The number of nitrogens with two attached hydrogens (primary N) is 1. The maximum absolute atomic E-state index is 10.7. The number of hydrogen-bond acceptors (Lipinski definition) is 5. The van der Waals surface area contributed by atoms with Gasteiger partial charge < -0.3 is 10.9 Å². The van der Waals surface area contributed by atoms with Crippen molar-refractivity contribution in [2.45, 2.75) is 0 Å². The number of imidazole rings is 1. The third-order valence-electron chi connectivity index (χ3n) is 1.49. The quantitative estimate of drug-likeness (QED) is 0.520. The van der Waals surface area contributed by atoms with Gasteiger partial charge in [0.1, 0.15) is 0 Å². The van der Waals surface area contributed by atoms with Crippen molar-refractivity contribution in [3.05, 3.63) is 12.0 Å². The van der Waals surface area contributed by atoms with E-state index in [-0.39, 0.29) is 17.5 Å². The van der Waals surface area contributed by atoms with E-state index in [1.54, 1.807) is 0 Å². The SMILES string of the molecule is Nn1c(O)cnc1C1=NC(=O)C=N1. The Morgan fingerprint density at radius 3 is 2.77 bits per heavy atom. The van der Waals surface area contributed by atoms with Crippen LogP contribution in [0.2, 0.25) is 0 Å². The zero-order chi connectivity index (χ0) is 9.42. The summed E-state index contributed by atoms with van der Waals surface area (Å²) in [4.78, 5) is 21.6. The molecule has 7 nitrogen and oxygen atoms in total. The van der Waals surface area contributed by atoms with Gasteiger partial charge in [-0.25, -0.2) is 14.7 Å². The van der Waals surface area contributed by atoms with E-state index in [0.717, 1.165) is 17.1 Å². The summed E-state index contributed by atoms with van der Waals surface area (Å²) in [6.07, 6.45) is 2.21. The number of amides is 1. The van der Waals surface area contributed by atoms with Crippen molar-refractivity contribution >= 4 is 18.0 Å². The van der Waals surface area contributed by atoms with Crippen molar-refractivity contribution < 1.29 is 9.90 Å². The van der Waals surface area contributed by atoms with Crippen molar-refractivity contribution in [2.24, 2.45) is 9.98 Å². The minimum Gasteiger partial charge on any atom is -0.492 e. The van der Waals surface area contributed by atoms with E-state index in [4.69, 9.17) is 10.9 Å². The van der Waals surface area contributed by atoms with Gasteiger partial charge in [0.2, 0.25) is 11.7 Å². The summed E-state index contributed by atoms with van der Waals surface area (Å²) in [6, 6.07) is 0. The smallest absolute Gasteiger partial charge is 0.290 e. The van der Waals surface area contributed by atoms with Gasteiger partial charge in [-0.1, -0.05) is 0 Å². The fourth-order valence-corrected chi connectivity index (χ4v) is 0.903. The highest BCUT2D eigenvalue weighted by atomic mass is 16.3. The number of carbonyl (C=O) groups is 1. The topological polar surface area (TPSA) is 106 Å². The van der Waals surface area contributed by atoms with Gasteiger partial charge >= 0.3 is 0 Å². The van der Waals surface area contributed by atoms with Crippen LogP contribution in [0.4, 0.5) is 0 Å². The first-order chi connectivity index (χ1) is 6.18. The fraction of sp³-hybridized carbons (Fsp3) is 0. The third kappa shape index (κ3) is 1.06. The molecular weight excluding hydrogens is 174 g/mol. The number of rotatable bonds is 1. The highest BCUT2D eigenvalue weighted by Crippen LogP contribution is 2.10. The van der Waals surface area contributed by atoms with Gasteiger partial charge in [-0.15, -0.1) is 0 Å². The van der Waals surface area contributed by atoms with Crippen LogP contribution >= 0.6 is 0 Å². The number of aromatic hydroxyl groups is 1. The van der Waals surface area contributed by atoms with Crippen LogP contribution in [-0.4, -0.2) is 32.7 Å². The number of amidine groups is 1. The molecule has 0 spiro atoms. The average molecular weight is 179 g/mol. The minimum atomic E-state index is -0.461. The molecule has 1 amide bonds. The van der Waals surface area contributed by atoms with E-state index in [9.17, 15) is 4.79 Å². The summed E-state index contributed by atoms with van der Waals surface area (Å²) in [6.45, 7) is 0. The van der Waals surface area contributed by atoms with Crippen LogP contribution in [0.15, 0.2) is 16.2 Å². The molecule has 3 N–H and O–H groups in total. The first kappa shape index (κ1) is 7.47. The second-order valence-corrected chi connectivity index (χ2v) is 2.34. The molecule has 7 heteroatoms. The fourth-order valence-electron chi connectivity index (χ4n) is 0.903. The van der Waals surface area contributed by atoms with Crippen LogP contribution in [0, 0.1) is 0 Å². The lowest BCUT2D eigenvalue weighted by Crippen LogP contribution is -2.15. The number of aromatic nitrogens is 2. The zero-order valence-electron chi connectivity index (χ0n) is 6.38. The Balaban J connectivity index is 2.48. The minimum absolute atomic E-state index is 0.104. The highest BCUT2D eigenvalue weighted by molar-refractivity contribution is 6.36. The summed E-state index contributed by atoms with van der Waals surface area (Å²) in [5.41, 5.74) is 0. The molecule has 2 rings (SSSR count). The Morgan fingerprint density at radius 1 is 1.54 bits per heavy atom. The van der Waals surface area contributed by atoms with E-state index < -0.39 is 5.91 Å². The molecule has 0 saturated carbocycles. The maximum Gasteiger partial charge on any atom is 0.290 e. The lowest BCUT2D eigenvalue weighted by Gasteiger charge is -1.97. The number of aliphatic imine (C=N–C) groups is 2. The molecule has 66 valence electrons. The van der Waals surface area contributed by atoms with E-state index in [1.807, 2.05) is 0 Å². The van der Waals surface area contributed by atoms with Gasteiger partial charge in [0.15, 0.2) is 5.82 Å². The lowest BCUT2D eigenvalue weighted by molar-refractivity contribution is -0.111. The van der Waals surface area contributed by atoms with E-state index in [1.165, 1.54) is 0 Å². The molecule has 0 fully saturated rings. The molecule has 0 unspecified atom stereocenters. The molecule has 1 aromatic heterocycles. The summed E-state index contributed by atoms with van der Waals surface area (Å²) < 4.78 is 0.898. The molecule has 0 bridgehead atoms. The van der Waals surface area contributed by atoms with Crippen LogP contribution in [-0.2, 0) is 4.79 Å². The van der Waals surface area contributed by atoms with Crippen molar-refractivity contribution in [3.8, 4) is 5.88 Å². The summed E-state index contributed by atoms with van der Waals surface area (Å²) >= 11 is 0. The van der Waals surface area contributed by atoms with Gasteiger partial charge in [-0.05, 0) is 0 Å². The predicted octanol–water partition coefficient (Wildman–Crippen LogP) is -1.34. The Labute approximate surface area is 72.2 Å². The van der Waals surface area contributed by atoms with Crippen LogP contribution < -0.4 is 5.84 Å². The Bertz CT molecular complexity index is 430. The Morgan fingerprint density at radius 2 is 2.31 bits per heavy atom. The summed E-state index contributed by atoms with van der Waals surface area (Å²) in [5.74, 6) is 4.95. The van der Waals surface area contributed by atoms with Crippen molar-refractivity contribution in [1.82, 2.24) is 9.66 Å². The van der Waals surface area contributed by atoms with Crippen molar-refractivity contribution in [3.63, 3.8) is 0 Å². The number of nitrogens with zero attached hydrogens (tertiary/aromatic N) is 4. The molecule has 0 saturated heterocycles. The molecule has 1 aliphatic rings. The number of nitrogen functional groups attached to an aromatic ring is 1. The average Bonchev–Trinajstić information content (AvgIpc) is 2.62. The molecule has 0 aromatic carbocycles. The van der Waals surface area contributed by atoms with Gasteiger partial charge in [0, 0.05) is 0 Å². The predicted molar refractivity (Wildman–Crippen MR) is 44.1 cm³/mol. The molecule has 0 aliphatic carbocycles. The number of hydrogen-bond donors (Lipinski definition) is 2. The van der Waals surface area contributed by atoms with E-state index in [2.05, 4.69) is 15.0 Å². The van der Waals surface area contributed by atoms with E-state index >= 15 is 0 Å². The number of carbonyl (C=O) groups excluding carboxylic acids is 1. The first-order valence-electron chi connectivity index (χ1n) is 3.37. The maximum atomic E-state index is 10.7. The van der Waals surface area contributed by atoms with Gasteiger partial charge in [-0.3, -0.25) is 4.79 Å². The third-order valence-corrected chi connectivity index (χ3v) is 1.49. The van der Waals surface area contributed by atoms with Crippen molar-refractivity contribution in [2.75, 3.05) is 5.84 Å². The monoisotopic (exact) mass is 179 g/mol. The van der Waals surface area contributed by atoms with E-state index in [0.29, 0.717) is 0 Å². The Kier molecular flexibility index (Phi) is 1.38. The van der Waals surface area contributed by atoms with Gasteiger partial charge in [0.05, 0.1) is 12.4 Å². The van der Waals surface area contributed by atoms with Gasteiger partial charge in [0.25, 0.3) is 5.91 Å². The molecular formula is C6H5N5O2. The van der Waals surface area contributed by atoms with Crippen LogP contribution in [0.1, 0.15) is 5.82 Å². The largest absolute Gasteiger partial charge is 0.492 e. The van der Waals surface area contributed by atoms with Gasteiger partial charge in [-0.2, -0.15) is 4.99 Å². The van der Waals surface area contributed by atoms with Crippen LogP contribution in [0.3, 0.4) is 0 Å². The highest BCUT2D eigenvalue weighted by Gasteiger charge is 2.16. The molecule has 0 atom stereocenters. The molecule has 1 aliphatic heterocycles. The normalized spacial score (nSPS) is 15.1. The molecule has 0 radical (unpaired) electrons.